The van der Waals surface area contributed by atoms with Crippen LogP contribution in [0.2, 0.25) is 5.02 Å². The van der Waals surface area contributed by atoms with E-state index in [1.165, 1.54) is 0 Å². The molecule has 0 aliphatic heterocycles. The molecule has 0 unspecified atom stereocenters. The van der Waals surface area contributed by atoms with E-state index < -0.39 is 0 Å². The van der Waals surface area contributed by atoms with Gasteiger partial charge in [0.15, 0.2) is 0 Å². The molecule has 0 amide bonds. The normalized spacial score (nSPS) is 10.5. The maximum absolute atomic E-state index is 8.82. The number of aliphatic hydroxyl groups is 1. The standard InChI is InChI=1S/C11H10ClNO2/c12-9-3-1-2-8(4-9)5-11-6-10(7-14)13-15-11/h1-4,6,14H,5,7H2. The van der Waals surface area contributed by atoms with Gasteiger partial charge >= 0.3 is 0 Å². The average molecular weight is 224 g/mol. The molecule has 1 aromatic heterocycles. The van der Waals surface area contributed by atoms with E-state index >= 15 is 0 Å². The Morgan fingerprint density at radius 1 is 1.33 bits per heavy atom. The van der Waals surface area contributed by atoms with Crippen molar-refractivity contribution in [2.24, 2.45) is 0 Å². The molecular formula is C11H10ClNO2. The van der Waals surface area contributed by atoms with Gasteiger partial charge in [0.2, 0.25) is 0 Å². The van der Waals surface area contributed by atoms with Gasteiger partial charge in [0.1, 0.15) is 11.5 Å². The molecule has 0 radical (unpaired) electrons. The molecule has 0 saturated heterocycles. The number of hydrogen-bond acceptors (Lipinski definition) is 3. The van der Waals surface area contributed by atoms with Crippen LogP contribution in [0.5, 0.6) is 0 Å². The lowest BCUT2D eigenvalue weighted by molar-refractivity contribution is 0.265. The average Bonchev–Trinajstić information content (AvgIpc) is 2.65. The minimum atomic E-state index is -0.0982. The van der Waals surface area contributed by atoms with E-state index in [0.717, 1.165) is 11.3 Å². The van der Waals surface area contributed by atoms with Crippen LogP contribution in [0, 0.1) is 0 Å². The minimum Gasteiger partial charge on any atom is -0.390 e. The zero-order valence-electron chi connectivity index (χ0n) is 7.98. The largest absolute Gasteiger partial charge is 0.390 e. The first-order valence-electron chi connectivity index (χ1n) is 4.57. The van der Waals surface area contributed by atoms with Crippen LogP contribution >= 0.6 is 11.6 Å². The predicted octanol–water partition coefficient (Wildman–Crippen LogP) is 2.41. The van der Waals surface area contributed by atoms with Gasteiger partial charge in [-0.05, 0) is 17.7 Å². The number of benzene rings is 1. The van der Waals surface area contributed by atoms with Crippen LogP contribution < -0.4 is 0 Å². The van der Waals surface area contributed by atoms with Crippen LogP contribution in [0.25, 0.3) is 0 Å². The number of nitrogens with zero attached hydrogens (tertiary/aromatic N) is 1. The quantitative estimate of drug-likeness (QED) is 0.869. The molecule has 2 rings (SSSR count). The number of aliphatic hydroxyl groups excluding tert-OH is 1. The van der Waals surface area contributed by atoms with Crippen molar-refractivity contribution in [2.45, 2.75) is 13.0 Å². The van der Waals surface area contributed by atoms with Crippen molar-refractivity contribution in [1.82, 2.24) is 5.16 Å². The van der Waals surface area contributed by atoms with E-state index in [4.69, 9.17) is 21.2 Å². The summed E-state index contributed by atoms with van der Waals surface area (Å²) in [7, 11) is 0. The molecule has 2 aromatic rings. The second-order valence-corrected chi connectivity index (χ2v) is 3.69. The summed E-state index contributed by atoms with van der Waals surface area (Å²) in [5.41, 5.74) is 1.61. The second kappa shape index (κ2) is 4.47. The zero-order valence-corrected chi connectivity index (χ0v) is 8.74. The summed E-state index contributed by atoms with van der Waals surface area (Å²) >= 11 is 5.86. The number of hydrogen-bond donors (Lipinski definition) is 1. The van der Waals surface area contributed by atoms with E-state index in [1.54, 1.807) is 6.07 Å². The van der Waals surface area contributed by atoms with Crippen molar-refractivity contribution in [3.63, 3.8) is 0 Å². The highest BCUT2D eigenvalue weighted by atomic mass is 35.5. The van der Waals surface area contributed by atoms with Crippen molar-refractivity contribution >= 4 is 11.6 Å². The highest BCUT2D eigenvalue weighted by Crippen LogP contribution is 2.15. The molecular weight excluding hydrogens is 214 g/mol. The molecule has 0 spiro atoms. The van der Waals surface area contributed by atoms with Crippen molar-refractivity contribution in [1.29, 1.82) is 0 Å². The molecule has 1 heterocycles. The van der Waals surface area contributed by atoms with Crippen molar-refractivity contribution in [3.05, 3.63) is 52.4 Å². The third-order valence-corrected chi connectivity index (χ3v) is 2.27. The summed E-state index contributed by atoms with van der Waals surface area (Å²) in [5.74, 6) is 0.723. The first kappa shape index (κ1) is 10.2. The fraction of sp³-hybridized carbons (Fsp3) is 0.182. The van der Waals surface area contributed by atoms with Crippen LogP contribution in [0.1, 0.15) is 17.0 Å². The van der Waals surface area contributed by atoms with Crippen LogP contribution in [0.4, 0.5) is 0 Å². The molecule has 0 fully saturated rings. The number of rotatable bonds is 3. The molecule has 0 saturated carbocycles. The fourth-order valence-corrected chi connectivity index (χ4v) is 1.57. The van der Waals surface area contributed by atoms with Gasteiger partial charge in [-0.15, -0.1) is 0 Å². The maximum Gasteiger partial charge on any atom is 0.141 e. The summed E-state index contributed by atoms with van der Waals surface area (Å²) in [4.78, 5) is 0. The first-order valence-corrected chi connectivity index (χ1v) is 4.95. The van der Waals surface area contributed by atoms with Crippen LogP contribution in [-0.2, 0) is 13.0 Å². The molecule has 78 valence electrons. The lowest BCUT2D eigenvalue weighted by Gasteiger charge is -1.97. The Balaban J connectivity index is 2.14. The molecule has 0 aliphatic carbocycles. The van der Waals surface area contributed by atoms with Crippen molar-refractivity contribution in [2.75, 3.05) is 0 Å². The Morgan fingerprint density at radius 3 is 2.87 bits per heavy atom. The summed E-state index contributed by atoms with van der Waals surface area (Å²) in [6.45, 7) is -0.0982. The Hall–Kier alpha value is -1.32. The molecule has 15 heavy (non-hydrogen) atoms. The number of aromatic nitrogens is 1. The summed E-state index contributed by atoms with van der Waals surface area (Å²) < 4.78 is 5.05. The fourth-order valence-electron chi connectivity index (χ4n) is 1.36. The van der Waals surface area contributed by atoms with Crippen LogP contribution in [0.3, 0.4) is 0 Å². The van der Waals surface area contributed by atoms with E-state index in [1.807, 2.05) is 24.3 Å². The SMILES string of the molecule is OCc1cc(Cc2cccc(Cl)c2)on1. The Kier molecular flexibility index (Phi) is 3.04. The monoisotopic (exact) mass is 223 g/mol. The molecule has 0 aliphatic rings. The third-order valence-electron chi connectivity index (χ3n) is 2.04. The molecule has 1 aromatic carbocycles. The Labute approximate surface area is 92.3 Å². The molecule has 1 N–H and O–H groups in total. The molecule has 4 heteroatoms. The Morgan fingerprint density at radius 2 is 2.20 bits per heavy atom. The van der Waals surface area contributed by atoms with Gasteiger partial charge in [-0.2, -0.15) is 0 Å². The van der Waals surface area contributed by atoms with Gasteiger partial charge in [0.05, 0.1) is 6.61 Å². The zero-order chi connectivity index (χ0) is 10.7. The van der Waals surface area contributed by atoms with E-state index in [0.29, 0.717) is 17.1 Å². The summed E-state index contributed by atoms with van der Waals surface area (Å²) in [6, 6.07) is 9.29. The Bertz CT molecular complexity index is 453. The minimum absolute atomic E-state index is 0.0982. The van der Waals surface area contributed by atoms with Crippen LogP contribution in [-0.4, -0.2) is 10.3 Å². The van der Waals surface area contributed by atoms with Crippen LogP contribution in [0.15, 0.2) is 34.9 Å². The van der Waals surface area contributed by atoms with E-state index in [2.05, 4.69) is 5.16 Å². The molecule has 0 bridgehead atoms. The lowest BCUT2D eigenvalue weighted by Crippen LogP contribution is -1.85. The van der Waals surface area contributed by atoms with Gasteiger partial charge in [0.25, 0.3) is 0 Å². The van der Waals surface area contributed by atoms with Gasteiger partial charge in [-0.3, -0.25) is 0 Å². The van der Waals surface area contributed by atoms with Gasteiger partial charge in [-0.1, -0.05) is 28.9 Å². The third kappa shape index (κ3) is 2.58. The first-order chi connectivity index (χ1) is 7.28. The van der Waals surface area contributed by atoms with E-state index in [-0.39, 0.29) is 6.61 Å². The van der Waals surface area contributed by atoms with Crippen molar-refractivity contribution in [3.8, 4) is 0 Å². The second-order valence-electron chi connectivity index (χ2n) is 3.25. The lowest BCUT2D eigenvalue weighted by atomic mass is 10.1. The maximum atomic E-state index is 8.82. The highest BCUT2D eigenvalue weighted by molar-refractivity contribution is 6.30. The topological polar surface area (TPSA) is 46.3 Å². The van der Waals surface area contributed by atoms with Crippen molar-refractivity contribution < 1.29 is 9.63 Å². The van der Waals surface area contributed by atoms with Gasteiger partial charge in [0, 0.05) is 17.5 Å². The summed E-state index contributed by atoms with van der Waals surface area (Å²) in [5, 5.41) is 13.2. The number of halogens is 1. The summed E-state index contributed by atoms with van der Waals surface area (Å²) in [6.07, 6.45) is 0.632. The molecule has 3 nitrogen and oxygen atoms in total. The molecule has 0 atom stereocenters. The smallest absolute Gasteiger partial charge is 0.141 e. The van der Waals surface area contributed by atoms with Gasteiger partial charge < -0.3 is 9.63 Å². The highest BCUT2D eigenvalue weighted by Gasteiger charge is 2.04. The predicted molar refractivity (Wildman–Crippen MR) is 56.7 cm³/mol. The van der Waals surface area contributed by atoms with E-state index in [9.17, 15) is 0 Å². The van der Waals surface area contributed by atoms with Gasteiger partial charge in [-0.25, -0.2) is 0 Å².